The van der Waals surface area contributed by atoms with Crippen molar-refractivity contribution in [3.8, 4) is 0 Å². The third-order valence-corrected chi connectivity index (χ3v) is 3.98. The third kappa shape index (κ3) is 3.48. The highest BCUT2D eigenvalue weighted by Crippen LogP contribution is 2.19. The van der Waals surface area contributed by atoms with Crippen molar-refractivity contribution in [1.29, 1.82) is 0 Å². The van der Waals surface area contributed by atoms with Gasteiger partial charge in [-0.05, 0) is 38.9 Å². The second kappa shape index (κ2) is 6.22. The smallest absolute Gasteiger partial charge is 0.254 e. The lowest BCUT2D eigenvalue weighted by atomic mass is 9.99. The van der Waals surface area contributed by atoms with Gasteiger partial charge in [-0.15, -0.1) is 0 Å². The van der Waals surface area contributed by atoms with E-state index in [2.05, 4.69) is 29.2 Å². The van der Waals surface area contributed by atoms with Crippen molar-refractivity contribution in [2.75, 3.05) is 33.0 Å². The number of carbonyl (C=O) groups is 1. The SMILES string of the molecule is CC1CC(Nc2ccc(C(=O)N(C)C)cn2)CCN1C. The number of amides is 1. The maximum atomic E-state index is 11.8. The quantitative estimate of drug-likeness (QED) is 0.912. The molecule has 1 aromatic heterocycles. The van der Waals surface area contributed by atoms with Crippen LogP contribution in [-0.2, 0) is 0 Å². The lowest BCUT2D eigenvalue weighted by molar-refractivity contribution is 0.0827. The van der Waals surface area contributed by atoms with E-state index in [1.807, 2.05) is 12.1 Å². The van der Waals surface area contributed by atoms with E-state index >= 15 is 0 Å². The maximum Gasteiger partial charge on any atom is 0.254 e. The van der Waals surface area contributed by atoms with Gasteiger partial charge >= 0.3 is 0 Å². The van der Waals surface area contributed by atoms with Gasteiger partial charge in [0.15, 0.2) is 0 Å². The van der Waals surface area contributed by atoms with Crippen LogP contribution in [0.5, 0.6) is 0 Å². The Balaban J connectivity index is 1.96. The van der Waals surface area contributed by atoms with Crippen molar-refractivity contribution in [2.45, 2.75) is 31.8 Å². The zero-order valence-electron chi connectivity index (χ0n) is 12.8. The van der Waals surface area contributed by atoms with Gasteiger partial charge in [0.25, 0.3) is 5.91 Å². The summed E-state index contributed by atoms with van der Waals surface area (Å²) in [5.41, 5.74) is 0.622. The average molecular weight is 276 g/mol. The van der Waals surface area contributed by atoms with Crippen LogP contribution in [0.4, 0.5) is 5.82 Å². The van der Waals surface area contributed by atoms with Gasteiger partial charge in [0.1, 0.15) is 5.82 Å². The van der Waals surface area contributed by atoms with Crippen LogP contribution in [0, 0.1) is 0 Å². The summed E-state index contributed by atoms with van der Waals surface area (Å²) in [7, 11) is 5.66. The molecule has 20 heavy (non-hydrogen) atoms. The van der Waals surface area contributed by atoms with Gasteiger partial charge in [0.05, 0.1) is 5.56 Å². The first-order valence-electron chi connectivity index (χ1n) is 7.12. The number of likely N-dealkylation sites (tertiary alicyclic amines) is 1. The molecule has 0 aromatic carbocycles. The fourth-order valence-electron chi connectivity index (χ4n) is 2.49. The minimum atomic E-state index is -0.0167. The van der Waals surface area contributed by atoms with E-state index in [1.54, 1.807) is 25.2 Å². The van der Waals surface area contributed by atoms with Gasteiger partial charge < -0.3 is 15.1 Å². The molecule has 1 N–H and O–H groups in total. The lowest BCUT2D eigenvalue weighted by Crippen LogP contribution is -2.42. The minimum Gasteiger partial charge on any atom is -0.367 e. The number of hydrogen-bond acceptors (Lipinski definition) is 4. The summed E-state index contributed by atoms with van der Waals surface area (Å²) in [5.74, 6) is 0.832. The Morgan fingerprint density at radius 3 is 2.75 bits per heavy atom. The molecule has 0 bridgehead atoms. The van der Waals surface area contributed by atoms with Crippen LogP contribution in [0.3, 0.4) is 0 Å². The number of piperidine rings is 1. The highest BCUT2D eigenvalue weighted by atomic mass is 16.2. The van der Waals surface area contributed by atoms with Crippen molar-refractivity contribution in [3.63, 3.8) is 0 Å². The minimum absolute atomic E-state index is 0.0167. The Kier molecular flexibility index (Phi) is 4.60. The highest BCUT2D eigenvalue weighted by molar-refractivity contribution is 5.93. The summed E-state index contributed by atoms with van der Waals surface area (Å²) in [4.78, 5) is 20.1. The topological polar surface area (TPSA) is 48.5 Å². The Bertz CT molecular complexity index is 457. The van der Waals surface area contributed by atoms with Gasteiger partial charge in [-0.25, -0.2) is 4.98 Å². The summed E-state index contributed by atoms with van der Waals surface area (Å²) < 4.78 is 0. The summed E-state index contributed by atoms with van der Waals surface area (Å²) in [6, 6.07) is 4.77. The number of aromatic nitrogens is 1. The van der Waals surface area contributed by atoms with Crippen LogP contribution >= 0.6 is 0 Å². The van der Waals surface area contributed by atoms with Crippen LogP contribution in [0.25, 0.3) is 0 Å². The molecule has 0 spiro atoms. The molecule has 2 rings (SSSR count). The van der Waals surface area contributed by atoms with Gasteiger partial charge in [-0.1, -0.05) is 0 Å². The van der Waals surface area contributed by atoms with Gasteiger partial charge in [-0.2, -0.15) is 0 Å². The van der Waals surface area contributed by atoms with E-state index in [0.717, 1.165) is 25.2 Å². The van der Waals surface area contributed by atoms with E-state index < -0.39 is 0 Å². The molecule has 5 heteroatoms. The number of nitrogens with zero attached hydrogens (tertiary/aromatic N) is 3. The molecule has 1 saturated heterocycles. The van der Waals surface area contributed by atoms with Crippen LogP contribution in [0.15, 0.2) is 18.3 Å². The molecule has 1 aromatic rings. The van der Waals surface area contributed by atoms with Crippen molar-refractivity contribution < 1.29 is 4.79 Å². The molecule has 0 saturated carbocycles. The summed E-state index contributed by atoms with van der Waals surface area (Å²) in [5, 5.41) is 3.46. The largest absolute Gasteiger partial charge is 0.367 e. The normalized spacial score (nSPS) is 23.4. The first kappa shape index (κ1) is 14.8. The fraction of sp³-hybridized carbons (Fsp3) is 0.600. The standard InChI is InChI=1S/C15H24N4O/c1-11-9-13(7-8-19(11)4)17-14-6-5-12(10-16-14)15(20)18(2)3/h5-6,10-11,13H,7-9H2,1-4H3,(H,16,17). The van der Waals surface area contributed by atoms with Gasteiger partial charge in [-0.3, -0.25) is 4.79 Å². The zero-order valence-corrected chi connectivity index (χ0v) is 12.8. The second-order valence-electron chi connectivity index (χ2n) is 5.83. The number of hydrogen-bond donors (Lipinski definition) is 1. The Morgan fingerprint density at radius 1 is 1.45 bits per heavy atom. The number of rotatable bonds is 3. The van der Waals surface area contributed by atoms with E-state index in [-0.39, 0.29) is 5.91 Å². The van der Waals surface area contributed by atoms with Crippen molar-refractivity contribution in [2.24, 2.45) is 0 Å². The molecule has 0 radical (unpaired) electrons. The summed E-state index contributed by atoms with van der Waals surface area (Å²) in [6.07, 6.45) is 3.89. The Hall–Kier alpha value is -1.62. The predicted molar refractivity (Wildman–Crippen MR) is 81.0 cm³/mol. The number of pyridine rings is 1. The number of carbonyl (C=O) groups excluding carboxylic acids is 1. The molecule has 1 aliphatic heterocycles. The highest BCUT2D eigenvalue weighted by Gasteiger charge is 2.22. The molecule has 2 atom stereocenters. The van der Waals surface area contributed by atoms with E-state index in [9.17, 15) is 4.79 Å². The monoisotopic (exact) mass is 276 g/mol. The average Bonchev–Trinajstić information content (AvgIpc) is 2.43. The molecule has 1 fully saturated rings. The first-order valence-corrected chi connectivity index (χ1v) is 7.12. The van der Waals surface area contributed by atoms with E-state index in [4.69, 9.17) is 0 Å². The summed E-state index contributed by atoms with van der Waals surface area (Å²) >= 11 is 0. The van der Waals surface area contributed by atoms with Crippen molar-refractivity contribution in [3.05, 3.63) is 23.9 Å². The van der Waals surface area contributed by atoms with E-state index in [1.165, 1.54) is 0 Å². The zero-order chi connectivity index (χ0) is 14.7. The van der Waals surface area contributed by atoms with Crippen molar-refractivity contribution >= 4 is 11.7 Å². The first-order chi connectivity index (χ1) is 9.47. The lowest BCUT2D eigenvalue weighted by Gasteiger charge is -2.35. The Morgan fingerprint density at radius 2 is 2.20 bits per heavy atom. The molecular formula is C15H24N4O. The fourth-order valence-corrected chi connectivity index (χ4v) is 2.49. The van der Waals surface area contributed by atoms with Crippen LogP contribution in [0.2, 0.25) is 0 Å². The number of nitrogens with one attached hydrogen (secondary N) is 1. The molecule has 2 unspecified atom stereocenters. The molecule has 110 valence electrons. The Labute approximate surface area is 121 Å². The van der Waals surface area contributed by atoms with E-state index in [0.29, 0.717) is 17.6 Å². The van der Waals surface area contributed by atoms with Crippen LogP contribution in [0.1, 0.15) is 30.1 Å². The molecule has 2 heterocycles. The predicted octanol–water partition coefficient (Wildman–Crippen LogP) is 1.68. The van der Waals surface area contributed by atoms with Crippen molar-refractivity contribution in [1.82, 2.24) is 14.8 Å². The third-order valence-electron chi connectivity index (χ3n) is 3.98. The molecule has 1 aliphatic rings. The molecule has 0 aliphatic carbocycles. The second-order valence-corrected chi connectivity index (χ2v) is 5.83. The molecule has 1 amide bonds. The van der Waals surface area contributed by atoms with Crippen LogP contribution in [-0.4, -0.2) is 60.5 Å². The summed E-state index contributed by atoms with van der Waals surface area (Å²) in [6.45, 7) is 3.36. The molecular weight excluding hydrogens is 252 g/mol. The maximum absolute atomic E-state index is 11.8. The van der Waals surface area contributed by atoms with Crippen LogP contribution < -0.4 is 5.32 Å². The van der Waals surface area contributed by atoms with Gasteiger partial charge in [0, 0.05) is 38.9 Å². The van der Waals surface area contributed by atoms with Gasteiger partial charge in [0.2, 0.25) is 0 Å². The molecule has 5 nitrogen and oxygen atoms in total. The number of anilines is 1.